The maximum absolute atomic E-state index is 13.0. The summed E-state index contributed by atoms with van der Waals surface area (Å²) in [7, 11) is 0. The van der Waals surface area contributed by atoms with Gasteiger partial charge < -0.3 is 10.6 Å². The van der Waals surface area contributed by atoms with E-state index in [1.54, 1.807) is 0 Å². The van der Waals surface area contributed by atoms with Crippen LogP contribution in [0, 0.1) is 5.92 Å². The molecule has 0 spiro atoms. The van der Waals surface area contributed by atoms with Crippen LogP contribution in [0.5, 0.6) is 0 Å². The molecule has 0 unspecified atom stereocenters. The predicted octanol–water partition coefficient (Wildman–Crippen LogP) is 3.69. The topological polar surface area (TPSA) is 62.5 Å². The van der Waals surface area contributed by atoms with Crippen LogP contribution in [0.25, 0.3) is 10.9 Å². The lowest BCUT2D eigenvalue weighted by Gasteiger charge is -2.33. The summed E-state index contributed by atoms with van der Waals surface area (Å²) < 4.78 is 0. The summed E-state index contributed by atoms with van der Waals surface area (Å²) in [5.74, 6) is 0.582. The number of piperidine rings is 1. The number of pyridine rings is 1. The zero-order valence-electron chi connectivity index (χ0n) is 16.6. The summed E-state index contributed by atoms with van der Waals surface area (Å²) in [6.45, 7) is 4.55. The van der Waals surface area contributed by atoms with Crippen LogP contribution in [0.15, 0.2) is 54.6 Å². The summed E-state index contributed by atoms with van der Waals surface area (Å²) in [4.78, 5) is 22.2. The Morgan fingerprint density at radius 3 is 2.52 bits per heavy atom. The first-order valence-electron chi connectivity index (χ1n) is 10.4. The highest BCUT2D eigenvalue weighted by molar-refractivity contribution is 6.09. The van der Waals surface area contributed by atoms with Gasteiger partial charge in [0.2, 0.25) is 0 Å². The van der Waals surface area contributed by atoms with E-state index in [2.05, 4.69) is 35.2 Å². The van der Waals surface area contributed by atoms with Crippen molar-refractivity contribution in [2.24, 2.45) is 5.92 Å². The summed E-state index contributed by atoms with van der Waals surface area (Å²) >= 11 is 0. The third-order valence-electron chi connectivity index (χ3n) is 6.28. The number of fused-ring (bicyclic) bond motifs is 2. The van der Waals surface area contributed by atoms with E-state index in [1.165, 1.54) is 5.56 Å². The number of carbonyl (C=O) groups is 1. The normalized spacial score (nSPS) is 17.8. The quantitative estimate of drug-likeness (QED) is 0.743. The lowest BCUT2D eigenvalue weighted by molar-refractivity contribution is 0.0711. The standard InChI is InChI=1S/C24H26N4O/c25-23-19-8-4-5-9-20(19)26-21-16-28(24(29)22(21)23)15-18-10-12-27(13-11-18)14-17-6-2-1-3-7-17/h1-9,18H,10-16H2,(H2,25,26). The van der Waals surface area contributed by atoms with Crippen LogP contribution in [-0.2, 0) is 13.1 Å². The van der Waals surface area contributed by atoms with Crippen LogP contribution in [0.2, 0.25) is 0 Å². The molecule has 0 radical (unpaired) electrons. The first-order chi connectivity index (χ1) is 14.2. The second kappa shape index (κ2) is 7.48. The van der Waals surface area contributed by atoms with Gasteiger partial charge in [0, 0.05) is 18.5 Å². The molecule has 2 aromatic carbocycles. The van der Waals surface area contributed by atoms with Crippen LogP contribution >= 0.6 is 0 Å². The van der Waals surface area contributed by atoms with Crippen LogP contribution in [0.4, 0.5) is 5.69 Å². The van der Waals surface area contributed by atoms with Crippen molar-refractivity contribution >= 4 is 22.5 Å². The number of para-hydroxylation sites is 1. The van der Waals surface area contributed by atoms with Gasteiger partial charge in [-0.2, -0.15) is 0 Å². The third kappa shape index (κ3) is 3.47. The summed E-state index contributed by atoms with van der Waals surface area (Å²) in [6, 6.07) is 18.4. The summed E-state index contributed by atoms with van der Waals surface area (Å²) in [5.41, 5.74) is 10.6. The first-order valence-corrected chi connectivity index (χ1v) is 10.4. The van der Waals surface area contributed by atoms with E-state index in [9.17, 15) is 4.79 Å². The summed E-state index contributed by atoms with van der Waals surface area (Å²) in [5, 5.41) is 0.871. The van der Waals surface area contributed by atoms with Crippen molar-refractivity contribution < 1.29 is 4.79 Å². The predicted molar refractivity (Wildman–Crippen MR) is 115 cm³/mol. The number of hydrogen-bond acceptors (Lipinski definition) is 4. The third-order valence-corrected chi connectivity index (χ3v) is 6.28. The molecular formula is C24H26N4O. The molecule has 0 atom stereocenters. The number of nitrogen functional groups attached to an aromatic ring is 1. The van der Waals surface area contributed by atoms with Crippen LogP contribution in [-0.4, -0.2) is 40.3 Å². The molecule has 148 valence electrons. The number of benzene rings is 2. The number of nitrogens with two attached hydrogens (primary N) is 1. The van der Waals surface area contributed by atoms with Gasteiger partial charge in [-0.3, -0.25) is 9.69 Å². The van der Waals surface area contributed by atoms with Gasteiger partial charge in [0.1, 0.15) is 0 Å². The second-order valence-corrected chi connectivity index (χ2v) is 8.26. The molecule has 5 rings (SSSR count). The minimum atomic E-state index is 0.0440. The molecule has 2 aliphatic rings. The molecule has 0 bridgehead atoms. The largest absolute Gasteiger partial charge is 0.397 e. The van der Waals surface area contributed by atoms with Gasteiger partial charge >= 0.3 is 0 Å². The molecule has 1 amide bonds. The fraction of sp³-hybridized carbons (Fsp3) is 0.333. The molecule has 29 heavy (non-hydrogen) atoms. The Balaban J connectivity index is 1.23. The molecule has 0 saturated carbocycles. The van der Waals surface area contributed by atoms with Crippen molar-refractivity contribution in [3.63, 3.8) is 0 Å². The smallest absolute Gasteiger partial charge is 0.258 e. The average Bonchev–Trinajstić information content (AvgIpc) is 3.06. The molecule has 1 fully saturated rings. The van der Waals surface area contributed by atoms with Crippen LogP contribution in [0.3, 0.4) is 0 Å². The maximum Gasteiger partial charge on any atom is 0.258 e. The minimum Gasteiger partial charge on any atom is -0.397 e. The average molecular weight is 386 g/mol. The highest BCUT2D eigenvalue weighted by atomic mass is 16.2. The van der Waals surface area contributed by atoms with E-state index in [0.717, 1.165) is 55.6 Å². The van der Waals surface area contributed by atoms with Gasteiger partial charge in [-0.05, 0) is 43.5 Å². The van der Waals surface area contributed by atoms with Crippen LogP contribution in [0.1, 0.15) is 34.5 Å². The molecule has 1 saturated heterocycles. The van der Waals surface area contributed by atoms with Gasteiger partial charge in [-0.1, -0.05) is 48.5 Å². The van der Waals surface area contributed by atoms with E-state index in [1.807, 2.05) is 29.2 Å². The van der Waals surface area contributed by atoms with Crippen LogP contribution < -0.4 is 5.73 Å². The fourth-order valence-electron chi connectivity index (χ4n) is 4.68. The molecule has 2 N–H and O–H groups in total. The Labute approximate surface area is 171 Å². The van der Waals surface area contributed by atoms with E-state index < -0.39 is 0 Å². The lowest BCUT2D eigenvalue weighted by atomic mass is 9.96. The number of carbonyl (C=O) groups excluding carboxylic acids is 1. The van der Waals surface area contributed by atoms with Gasteiger partial charge in [-0.25, -0.2) is 4.98 Å². The van der Waals surface area contributed by atoms with E-state index in [-0.39, 0.29) is 5.91 Å². The Kier molecular flexibility index (Phi) is 4.68. The van der Waals surface area contributed by atoms with Crippen molar-refractivity contribution in [3.8, 4) is 0 Å². The number of nitrogens with zero attached hydrogens (tertiary/aromatic N) is 3. The van der Waals surface area contributed by atoms with E-state index in [0.29, 0.717) is 23.7 Å². The van der Waals surface area contributed by atoms with Crippen molar-refractivity contribution in [1.82, 2.24) is 14.8 Å². The molecule has 1 aromatic heterocycles. The van der Waals surface area contributed by atoms with E-state index in [4.69, 9.17) is 10.7 Å². The van der Waals surface area contributed by atoms with Gasteiger partial charge in [0.25, 0.3) is 5.91 Å². The number of likely N-dealkylation sites (tertiary alicyclic amines) is 1. The Morgan fingerprint density at radius 2 is 1.72 bits per heavy atom. The van der Waals surface area contributed by atoms with E-state index >= 15 is 0 Å². The van der Waals surface area contributed by atoms with Crippen molar-refractivity contribution in [1.29, 1.82) is 0 Å². The Morgan fingerprint density at radius 1 is 1.00 bits per heavy atom. The van der Waals surface area contributed by atoms with Crippen molar-refractivity contribution in [3.05, 3.63) is 71.4 Å². The van der Waals surface area contributed by atoms with Gasteiger partial charge in [0.05, 0.1) is 29.0 Å². The zero-order valence-corrected chi connectivity index (χ0v) is 16.6. The highest BCUT2D eigenvalue weighted by Gasteiger charge is 2.33. The zero-order chi connectivity index (χ0) is 19.8. The number of anilines is 1. The van der Waals surface area contributed by atoms with Crippen molar-refractivity contribution in [2.45, 2.75) is 25.9 Å². The Bertz CT molecular complexity index is 1040. The molecule has 3 heterocycles. The molecule has 3 aromatic rings. The number of amides is 1. The monoisotopic (exact) mass is 386 g/mol. The number of aromatic nitrogens is 1. The van der Waals surface area contributed by atoms with Crippen molar-refractivity contribution in [2.75, 3.05) is 25.4 Å². The fourth-order valence-corrected chi connectivity index (χ4v) is 4.68. The second-order valence-electron chi connectivity index (χ2n) is 8.26. The molecule has 0 aliphatic carbocycles. The number of hydrogen-bond donors (Lipinski definition) is 1. The molecule has 5 heteroatoms. The highest BCUT2D eigenvalue weighted by Crippen LogP contribution is 2.33. The lowest BCUT2D eigenvalue weighted by Crippen LogP contribution is -2.38. The maximum atomic E-state index is 13.0. The molecular weight excluding hydrogens is 360 g/mol. The number of rotatable bonds is 4. The van der Waals surface area contributed by atoms with Gasteiger partial charge in [0.15, 0.2) is 0 Å². The Hall–Kier alpha value is -2.92. The molecule has 5 nitrogen and oxygen atoms in total. The van der Waals surface area contributed by atoms with Gasteiger partial charge in [-0.15, -0.1) is 0 Å². The molecule has 2 aliphatic heterocycles. The minimum absolute atomic E-state index is 0.0440. The SMILES string of the molecule is Nc1c2c(nc3ccccc13)CN(CC1CCN(Cc3ccccc3)CC1)C2=O. The summed E-state index contributed by atoms with van der Waals surface area (Å²) in [6.07, 6.45) is 2.25. The first kappa shape index (κ1) is 18.1.